The Morgan fingerprint density at radius 2 is 0.549 bits per heavy atom. The predicted molar refractivity (Wildman–Crippen MR) is 355 cm³/mol. The first kappa shape index (κ1) is 49.1. The fourth-order valence-electron chi connectivity index (χ4n) is 13.1. The number of benzene rings is 15. The van der Waals surface area contributed by atoms with Gasteiger partial charge in [0.1, 0.15) is 0 Å². The van der Waals surface area contributed by atoms with Gasteiger partial charge >= 0.3 is 0 Å². The molecule has 0 spiro atoms. The van der Waals surface area contributed by atoms with Crippen LogP contribution in [0.3, 0.4) is 0 Å². The molecule has 0 fully saturated rings. The highest BCUT2D eigenvalue weighted by molar-refractivity contribution is 6.24. The molecule has 0 radical (unpaired) electrons. The van der Waals surface area contributed by atoms with Crippen molar-refractivity contribution in [2.24, 2.45) is 0 Å². The molecular weight excluding hydrogens is 989 g/mol. The van der Waals surface area contributed by atoms with Crippen molar-refractivity contribution >= 4 is 120 Å². The van der Waals surface area contributed by atoms with Gasteiger partial charge in [-0.05, 0) is 193 Å². The van der Waals surface area contributed by atoms with Crippen LogP contribution in [0.4, 0.5) is 34.1 Å². The molecule has 2 heteroatoms. The zero-order chi connectivity index (χ0) is 55.0. The summed E-state index contributed by atoms with van der Waals surface area (Å²) in [4.78, 5) is 5.00. The number of nitrogens with zero attached hydrogens (tertiary/aromatic N) is 2. The third-order valence-electron chi connectivity index (χ3n) is 17.3. The van der Waals surface area contributed by atoms with Crippen LogP contribution in [0.25, 0.3) is 108 Å². The Bertz CT molecular complexity index is 4670. The maximum absolute atomic E-state index is 2.50. The van der Waals surface area contributed by atoms with Gasteiger partial charge in [0, 0.05) is 33.5 Å². The molecule has 0 aromatic heterocycles. The van der Waals surface area contributed by atoms with Crippen molar-refractivity contribution in [1.82, 2.24) is 0 Å². The van der Waals surface area contributed by atoms with Crippen LogP contribution in [0.5, 0.6) is 0 Å². The first-order valence-electron chi connectivity index (χ1n) is 28.9. The molecular formula is C80H60N2. The smallest absolute Gasteiger partial charge is 0.0546 e. The van der Waals surface area contributed by atoms with Crippen LogP contribution in [0.15, 0.2) is 279 Å². The van der Waals surface area contributed by atoms with Crippen molar-refractivity contribution in [3.63, 3.8) is 0 Å². The van der Waals surface area contributed by atoms with Crippen molar-refractivity contribution in [2.75, 3.05) is 9.80 Å². The number of fused-ring (bicyclic) bond motifs is 10. The Morgan fingerprint density at radius 3 is 0.939 bits per heavy atom. The Morgan fingerprint density at radius 1 is 0.220 bits per heavy atom. The van der Waals surface area contributed by atoms with Crippen molar-refractivity contribution in [3.05, 3.63) is 290 Å². The standard InChI is InChI=1S/C80H60N2/c1-51(2)53-33-37-63(38-34-53)81(77-47-59-21-9-11-23-67(59)69-25-13-15-27-71(69)77)65-41-43-73-75(49-65)79(61-31-29-55-17-5-7-19-57(55)45-61)74-44-42-66(50-76(74)80(73)62-32-30-56-18-6-8-20-58(56)46-62)82(64-39-35-54(36-40-64)52(3)4)78-48-60-22-10-12-24-68(60)70-26-14-16-28-72(70)78/h5-52H,1-4H3. The molecule has 2 nitrogen and oxygen atoms in total. The molecule has 0 amide bonds. The zero-order valence-corrected chi connectivity index (χ0v) is 46.6. The molecule has 0 aliphatic carbocycles. The minimum atomic E-state index is 0.404. The SMILES string of the molecule is CC(C)c1ccc(N(c2ccc3c(-c4ccc5ccccc5c4)c4cc(N(c5ccc(C(C)C)cc5)c5cc6ccccc6c6ccccc56)ccc4c(-c4ccc5ccccc5c4)c3c2)c2cc3ccccc3c3ccccc23)cc1. The summed E-state index contributed by atoms with van der Waals surface area (Å²) in [5.74, 6) is 0.807. The molecule has 15 rings (SSSR count). The van der Waals surface area contributed by atoms with Crippen molar-refractivity contribution in [1.29, 1.82) is 0 Å². The zero-order valence-electron chi connectivity index (χ0n) is 46.6. The first-order valence-corrected chi connectivity index (χ1v) is 28.9. The van der Waals surface area contributed by atoms with E-state index in [4.69, 9.17) is 0 Å². The second-order valence-corrected chi connectivity index (χ2v) is 22.8. The lowest BCUT2D eigenvalue weighted by atomic mass is 9.84. The topological polar surface area (TPSA) is 6.48 Å². The summed E-state index contributed by atoms with van der Waals surface area (Å²) in [7, 11) is 0. The summed E-state index contributed by atoms with van der Waals surface area (Å²) in [6, 6.07) is 105. The molecule has 0 atom stereocenters. The average Bonchev–Trinajstić information content (AvgIpc) is 2.19. The monoisotopic (exact) mass is 1050 g/mol. The molecule has 15 aromatic rings. The second kappa shape index (κ2) is 20.0. The Balaban J connectivity index is 1.06. The minimum Gasteiger partial charge on any atom is -0.310 e. The van der Waals surface area contributed by atoms with Crippen molar-refractivity contribution in [3.8, 4) is 22.3 Å². The van der Waals surface area contributed by atoms with Gasteiger partial charge < -0.3 is 9.80 Å². The fraction of sp³-hybridized carbons (Fsp3) is 0.0750. The summed E-state index contributed by atoms with van der Waals surface area (Å²) in [5.41, 5.74) is 14.1. The number of hydrogen-bond donors (Lipinski definition) is 0. The van der Waals surface area contributed by atoms with E-state index < -0.39 is 0 Å². The minimum absolute atomic E-state index is 0.404. The second-order valence-electron chi connectivity index (χ2n) is 22.8. The van der Waals surface area contributed by atoms with Gasteiger partial charge in [-0.15, -0.1) is 0 Å². The van der Waals surface area contributed by atoms with E-state index in [1.807, 2.05) is 0 Å². The lowest BCUT2D eigenvalue weighted by Crippen LogP contribution is -2.11. The molecule has 0 saturated heterocycles. The van der Waals surface area contributed by atoms with Crippen LogP contribution in [-0.2, 0) is 0 Å². The summed E-state index contributed by atoms with van der Waals surface area (Å²) in [6.45, 7) is 9.09. The number of rotatable bonds is 10. The summed E-state index contributed by atoms with van der Waals surface area (Å²) in [6.07, 6.45) is 0. The van der Waals surface area contributed by atoms with Crippen LogP contribution >= 0.6 is 0 Å². The fourth-order valence-corrected chi connectivity index (χ4v) is 13.1. The maximum atomic E-state index is 2.50. The van der Waals surface area contributed by atoms with E-state index in [1.165, 1.54) is 120 Å². The van der Waals surface area contributed by atoms with Crippen LogP contribution in [0.2, 0.25) is 0 Å². The molecule has 390 valence electrons. The average molecular weight is 1050 g/mol. The molecule has 0 N–H and O–H groups in total. The van der Waals surface area contributed by atoms with Gasteiger partial charge in [-0.1, -0.05) is 234 Å². The lowest BCUT2D eigenvalue weighted by molar-refractivity contribution is 0.866. The number of anilines is 6. The molecule has 0 unspecified atom stereocenters. The quantitative estimate of drug-likeness (QED) is 0.0995. The van der Waals surface area contributed by atoms with Gasteiger partial charge in [0.2, 0.25) is 0 Å². The highest BCUT2D eigenvalue weighted by Gasteiger charge is 2.25. The van der Waals surface area contributed by atoms with Gasteiger partial charge in [0.15, 0.2) is 0 Å². The van der Waals surface area contributed by atoms with E-state index in [2.05, 4.69) is 317 Å². The van der Waals surface area contributed by atoms with Crippen LogP contribution in [0.1, 0.15) is 50.7 Å². The first-order chi connectivity index (χ1) is 40.3. The van der Waals surface area contributed by atoms with E-state index >= 15 is 0 Å². The lowest BCUT2D eigenvalue weighted by Gasteiger charge is -2.30. The molecule has 0 bridgehead atoms. The summed E-state index contributed by atoms with van der Waals surface area (Å²) in [5, 5.41) is 19.4. The van der Waals surface area contributed by atoms with Crippen molar-refractivity contribution < 1.29 is 0 Å². The number of hydrogen-bond acceptors (Lipinski definition) is 2. The van der Waals surface area contributed by atoms with E-state index in [0.717, 1.165) is 34.1 Å². The van der Waals surface area contributed by atoms with Gasteiger partial charge in [-0.25, -0.2) is 0 Å². The predicted octanol–water partition coefficient (Wildman–Crippen LogP) is 23.4. The third-order valence-corrected chi connectivity index (χ3v) is 17.3. The third kappa shape index (κ3) is 8.33. The van der Waals surface area contributed by atoms with Crippen LogP contribution in [-0.4, -0.2) is 0 Å². The Hall–Kier alpha value is -10.0. The molecule has 15 aromatic carbocycles. The van der Waals surface area contributed by atoms with E-state index in [-0.39, 0.29) is 0 Å². The molecule has 82 heavy (non-hydrogen) atoms. The highest BCUT2D eigenvalue weighted by atomic mass is 15.1. The Labute approximate surface area is 479 Å². The normalized spacial score (nSPS) is 11.9. The molecule has 0 saturated carbocycles. The van der Waals surface area contributed by atoms with Crippen LogP contribution in [0, 0.1) is 0 Å². The molecule has 0 aliphatic heterocycles. The largest absolute Gasteiger partial charge is 0.310 e. The van der Waals surface area contributed by atoms with Gasteiger partial charge in [0.05, 0.1) is 11.4 Å². The highest BCUT2D eigenvalue weighted by Crippen LogP contribution is 2.51. The van der Waals surface area contributed by atoms with E-state index in [0.29, 0.717) is 11.8 Å². The summed E-state index contributed by atoms with van der Waals surface area (Å²) < 4.78 is 0. The van der Waals surface area contributed by atoms with Gasteiger partial charge in [0.25, 0.3) is 0 Å². The van der Waals surface area contributed by atoms with Crippen LogP contribution < -0.4 is 9.80 Å². The Kier molecular flexibility index (Phi) is 11.9. The van der Waals surface area contributed by atoms with Crippen molar-refractivity contribution in [2.45, 2.75) is 39.5 Å². The van der Waals surface area contributed by atoms with Gasteiger partial charge in [-0.2, -0.15) is 0 Å². The summed E-state index contributed by atoms with van der Waals surface area (Å²) >= 11 is 0. The maximum Gasteiger partial charge on any atom is 0.0546 e. The van der Waals surface area contributed by atoms with E-state index in [9.17, 15) is 0 Å². The molecule has 0 heterocycles. The molecule has 0 aliphatic rings. The van der Waals surface area contributed by atoms with E-state index in [1.54, 1.807) is 0 Å². The van der Waals surface area contributed by atoms with Gasteiger partial charge in [-0.3, -0.25) is 0 Å².